The van der Waals surface area contributed by atoms with Crippen molar-refractivity contribution < 1.29 is 9.53 Å². The van der Waals surface area contributed by atoms with Gasteiger partial charge in [0.2, 0.25) is 0 Å². The minimum atomic E-state index is -0.412. The molecule has 0 atom stereocenters. The number of thioether (sulfide) groups is 1. The van der Waals surface area contributed by atoms with E-state index in [1.54, 1.807) is 36.5 Å². The highest BCUT2D eigenvalue weighted by molar-refractivity contribution is 7.98. The molecule has 0 aliphatic heterocycles. The maximum absolute atomic E-state index is 12.0. The van der Waals surface area contributed by atoms with E-state index in [9.17, 15) is 4.79 Å². The Morgan fingerprint density at radius 2 is 2.25 bits per heavy atom. The number of benzene rings is 1. The molecule has 0 spiro atoms. The number of nitrogens with zero attached hydrogens (tertiary/aromatic N) is 2. The van der Waals surface area contributed by atoms with Crippen LogP contribution >= 0.6 is 11.8 Å². The lowest BCUT2D eigenvalue weighted by atomic mass is 10.1. The average Bonchev–Trinajstić information content (AvgIpc) is 2.52. The largest absolute Gasteiger partial charge is 0.457 e. The number of pyridine rings is 1. The Morgan fingerprint density at radius 3 is 3.00 bits per heavy atom. The van der Waals surface area contributed by atoms with E-state index in [-0.39, 0.29) is 6.61 Å². The molecule has 0 fully saturated rings. The first-order valence-electron chi connectivity index (χ1n) is 5.89. The maximum Gasteiger partial charge on any atom is 0.341 e. The molecular weight excluding hydrogens is 272 g/mol. The summed E-state index contributed by atoms with van der Waals surface area (Å²) >= 11 is 1.40. The maximum atomic E-state index is 12.0. The standard InChI is InChI=1S/C15H12N2O2S/c1-20-14-13(6-3-7-17-14)15(18)19-10-12-5-2-4-11(8-12)9-16/h2-8H,10H2,1H3. The van der Waals surface area contributed by atoms with Crippen LogP contribution in [0.4, 0.5) is 0 Å². The van der Waals surface area contributed by atoms with Gasteiger partial charge < -0.3 is 4.74 Å². The van der Waals surface area contributed by atoms with E-state index < -0.39 is 5.97 Å². The number of aromatic nitrogens is 1. The van der Waals surface area contributed by atoms with Crippen molar-refractivity contribution in [2.75, 3.05) is 6.26 Å². The zero-order chi connectivity index (χ0) is 14.4. The molecule has 0 radical (unpaired) electrons. The van der Waals surface area contributed by atoms with Gasteiger partial charge in [-0.2, -0.15) is 5.26 Å². The number of carbonyl (C=O) groups excluding carboxylic acids is 1. The zero-order valence-corrected chi connectivity index (χ0v) is 11.7. The first-order valence-corrected chi connectivity index (χ1v) is 7.12. The third-order valence-electron chi connectivity index (χ3n) is 2.61. The number of nitriles is 1. The van der Waals surface area contributed by atoms with Crippen LogP contribution in [0.2, 0.25) is 0 Å². The zero-order valence-electron chi connectivity index (χ0n) is 10.9. The third-order valence-corrected chi connectivity index (χ3v) is 3.32. The molecule has 1 heterocycles. The molecule has 0 bridgehead atoms. The number of rotatable bonds is 4. The SMILES string of the molecule is CSc1ncccc1C(=O)OCc1cccc(C#N)c1. The van der Waals surface area contributed by atoms with Gasteiger partial charge in [0.15, 0.2) is 0 Å². The van der Waals surface area contributed by atoms with Crippen LogP contribution in [0, 0.1) is 11.3 Å². The van der Waals surface area contributed by atoms with Crippen molar-refractivity contribution in [3.8, 4) is 6.07 Å². The average molecular weight is 284 g/mol. The molecule has 0 unspecified atom stereocenters. The minimum absolute atomic E-state index is 0.136. The summed E-state index contributed by atoms with van der Waals surface area (Å²) in [5.41, 5.74) is 1.79. The van der Waals surface area contributed by atoms with Crippen molar-refractivity contribution in [2.24, 2.45) is 0 Å². The molecule has 100 valence electrons. The first-order chi connectivity index (χ1) is 9.74. The Bertz CT molecular complexity index is 665. The Balaban J connectivity index is 2.07. The molecule has 0 N–H and O–H groups in total. The fourth-order valence-electron chi connectivity index (χ4n) is 1.67. The minimum Gasteiger partial charge on any atom is -0.457 e. The molecule has 0 aliphatic carbocycles. The molecule has 2 aromatic rings. The van der Waals surface area contributed by atoms with Gasteiger partial charge in [0.05, 0.1) is 17.2 Å². The summed E-state index contributed by atoms with van der Waals surface area (Å²) in [5.74, 6) is -0.412. The second-order valence-corrected chi connectivity index (χ2v) is 4.74. The lowest BCUT2D eigenvalue weighted by molar-refractivity contribution is 0.0467. The fourth-order valence-corrected chi connectivity index (χ4v) is 2.20. The monoisotopic (exact) mass is 284 g/mol. The third kappa shape index (κ3) is 3.37. The summed E-state index contributed by atoms with van der Waals surface area (Å²) in [4.78, 5) is 16.1. The predicted octanol–water partition coefficient (Wildman–Crippen LogP) is 3.03. The van der Waals surface area contributed by atoms with Crippen molar-refractivity contribution in [1.29, 1.82) is 5.26 Å². The van der Waals surface area contributed by atoms with Gasteiger partial charge in [0.25, 0.3) is 0 Å². The molecule has 1 aromatic carbocycles. The molecule has 2 rings (SSSR count). The second-order valence-electron chi connectivity index (χ2n) is 3.95. The molecule has 1 aromatic heterocycles. The molecule has 5 heteroatoms. The number of hydrogen-bond donors (Lipinski definition) is 0. The van der Waals surface area contributed by atoms with Crippen molar-refractivity contribution in [3.63, 3.8) is 0 Å². The lowest BCUT2D eigenvalue weighted by Gasteiger charge is -2.07. The van der Waals surface area contributed by atoms with Gasteiger partial charge in [0, 0.05) is 6.20 Å². The van der Waals surface area contributed by atoms with Gasteiger partial charge >= 0.3 is 5.97 Å². The van der Waals surface area contributed by atoms with Crippen LogP contribution in [0.15, 0.2) is 47.6 Å². The summed E-state index contributed by atoms with van der Waals surface area (Å²) in [6, 6.07) is 12.4. The normalized spacial score (nSPS) is 9.80. The highest BCUT2D eigenvalue weighted by Crippen LogP contribution is 2.18. The van der Waals surface area contributed by atoms with Crippen LogP contribution in [-0.2, 0) is 11.3 Å². The van der Waals surface area contributed by atoms with Crippen LogP contribution in [0.5, 0.6) is 0 Å². The molecule has 0 saturated carbocycles. The van der Waals surface area contributed by atoms with Crippen molar-refractivity contribution in [2.45, 2.75) is 11.6 Å². The number of ether oxygens (including phenoxy) is 1. The van der Waals surface area contributed by atoms with E-state index >= 15 is 0 Å². The molecule has 4 nitrogen and oxygen atoms in total. The van der Waals surface area contributed by atoms with E-state index in [2.05, 4.69) is 11.1 Å². The summed E-state index contributed by atoms with van der Waals surface area (Å²) in [5, 5.41) is 9.46. The van der Waals surface area contributed by atoms with Gasteiger partial charge in [-0.1, -0.05) is 12.1 Å². The van der Waals surface area contributed by atoms with E-state index in [0.29, 0.717) is 16.2 Å². The summed E-state index contributed by atoms with van der Waals surface area (Å²) in [6.45, 7) is 0.136. The Morgan fingerprint density at radius 1 is 1.40 bits per heavy atom. The number of carbonyl (C=O) groups is 1. The van der Waals surface area contributed by atoms with Gasteiger partial charge in [-0.3, -0.25) is 0 Å². The topological polar surface area (TPSA) is 63.0 Å². The molecule has 20 heavy (non-hydrogen) atoms. The van der Waals surface area contributed by atoms with Crippen LogP contribution < -0.4 is 0 Å². The molecular formula is C15H12N2O2S. The molecule has 0 amide bonds. The van der Waals surface area contributed by atoms with Crippen LogP contribution in [0.25, 0.3) is 0 Å². The van der Waals surface area contributed by atoms with Crippen molar-refractivity contribution >= 4 is 17.7 Å². The second kappa shape index (κ2) is 6.73. The summed E-state index contributed by atoms with van der Waals surface area (Å²) in [6.07, 6.45) is 3.49. The van der Waals surface area contributed by atoms with Gasteiger partial charge in [-0.05, 0) is 36.1 Å². The van der Waals surface area contributed by atoms with E-state index in [4.69, 9.17) is 10.00 Å². The quantitative estimate of drug-likeness (QED) is 0.638. The van der Waals surface area contributed by atoms with E-state index in [0.717, 1.165) is 5.56 Å². The summed E-state index contributed by atoms with van der Waals surface area (Å²) in [7, 11) is 0. The highest BCUT2D eigenvalue weighted by atomic mass is 32.2. The Labute approximate surface area is 121 Å². The summed E-state index contributed by atoms with van der Waals surface area (Å²) < 4.78 is 5.25. The van der Waals surface area contributed by atoms with Crippen LogP contribution in [0.3, 0.4) is 0 Å². The van der Waals surface area contributed by atoms with Crippen molar-refractivity contribution in [3.05, 3.63) is 59.3 Å². The van der Waals surface area contributed by atoms with Crippen LogP contribution in [-0.4, -0.2) is 17.2 Å². The highest BCUT2D eigenvalue weighted by Gasteiger charge is 2.13. The number of hydrogen-bond acceptors (Lipinski definition) is 5. The van der Waals surface area contributed by atoms with Gasteiger partial charge in [0.1, 0.15) is 11.6 Å². The Kier molecular flexibility index (Phi) is 4.75. The fraction of sp³-hybridized carbons (Fsp3) is 0.133. The van der Waals surface area contributed by atoms with E-state index in [1.807, 2.05) is 12.3 Å². The molecule has 0 aliphatic rings. The Hall–Kier alpha value is -2.32. The van der Waals surface area contributed by atoms with Crippen LogP contribution in [0.1, 0.15) is 21.5 Å². The van der Waals surface area contributed by atoms with Gasteiger partial charge in [-0.25, -0.2) is 9.78 Å². The van der Waals surface area contributed by atoms with Gasteiger partial charge in [-0.15, -0.1) is 11.8 Å². The number of esters is 1. The van der Waals surface area contributed by atoms with E-state index in [1.165, 1.54) is 11.8 Å². The molecule has 0 saturated heterocycles. The van der Waals surface area contributed by atoms with Crippen molar-refractivity contribution in [1.82, 2.24) is 4.98 Å². The first kappa shape index (κ1) is 14.1. The smallest absolute Gasteiger partial charge is 0.341 e. The lowest BCUT2D eigenvalue weighted by Crippen LogP contribution is -2.07. The predicted molar refractivity (Wildman–Crippen MR) is 76.3 cm³/mol.